The molecule has 1 amide bonds. The second-order valence-corrected chi connectivity index (χ2v) is 5.28. The van der Waals surface area contributed by atoms with Crippen LogP contribution in [0.4, 0.5) is 5.69 Å². The highest BCUT2D eigenvalue weighted by Crippen LogP contribution is 2.16. The lowest BCUT2D eigenvalue weighted by molar-refractivity contribution is 0.102. The van der Waals surface area contributed by atoms with Crippen LogP contribution in [-0.4, -0.2) is 20.1 Å². The number of carbonyl (C=O) groups is 1. The molecule has 0 spiro atoms. The lowest BCUT2D eigenvalue weighted by Crippen LogP contribution is -2.40. The van der Waals surface area contributed by atoms with Crippen LogP contribution in [0.2, 0.25) is 0 Å². The maximum Gasteiger partial charge on any atom is 0.333 e. The van der Waals surface area contributed by atoms with Gasteiger partial charge in [0, 0.05) is 24.3 Å². The summed E-state index contributed by atoms with van der Waals surface area (Å²) < 4.78 is 2.43. The maximum atomic E-state index is 12.1. The van der Waals surface area contributed by atoms with E-state index in [1.807, 2.05) is 0 Å². The summed E-state index contributed by atoms with van der Waals surface area (Å²) in [6.07, 6.45) is 0. The molecular weight excluding hydrogens is 342 g/mol. The number of carbonyl (C=O) groups excluding carboxylic acids is 1. The van der Waals surface area contributed by atoms with E-state index >= 15 is 0 Å². The Balaban J connectivity index is 2.47. The van der Waals surface area contributed by atoms with Crippen molar-refractivity contribution in [1.29, 1.82) is 0 Å². The molecule has 0 aliphatic rings. The minimum absolute atomic E-state index is 0.457. The molecule has 8 heteroatoms. The van der Waals surface area contributed by atoms with Crippen LogP contribution in [0.15, 0.2) is 38.3 Å². The first-order valence-electron chi connectivity index (χ1n) is 5.89. The van der Waals surface area contributed by atoms with Gasteiger partial charge in [-0.05, 0) is 24.3 Å². The number of amides is 1. The normalized spacial score (nSPS) is 10.4. The van der Waals surface area contributed by atoms with Crippen molar-refractivity contribution in [2.45, 2.75) is 0 Å². The first-order valence-corrected chi connectivity index (χ1v) is 6.68. The van der Waals surface area contributed by atoms with Gasteiger partial charge in [-0.1, -0.05) is 15.9 Å². The summed E-state index contributed by atoms with van der Waals surface area (Å²) in [4.78, 5) is 35.7. The molecule has 2 N–H and O–H groups in total. The second kappa shape index (κ2) is 5.57. The van der Waals surface area contributed by atoms with Gasteiger partial charge < -0.3 is 10.4 Å². The van der Waals surface area contributed by atoms with Crippen LogP contribution in [0.25, 0.3) is 0 Å². The number of aromatic hydroxyl groups is 1. The zero-order valence-corrected chi connectivity index (χ0v) is 12.8. The molecule has 0 fully saturated rings. The summed E-state index contributed by atoms with van der Waals surface area (Å²) in [5.74, 6) is -1.45. The quantitative estimate of drug-likeness (QED) is 0.835. The Morgan fingerprint density at radius 1 is 1.14 bits per heavy atom. The molecule has 2 rings (SSSR count). The highest BCUT2D eigenvalue weighted by molar-refractivity contribution is 9.10. The Hall–Kier alpha value is -2.35. The highest BCUT2D eigenvalue weighted by atomic mass is 79.9. The molecule has 7 nitrogen and oxygen atoms in total. The zero-order chi connectivity index (χ0) is 15.7. The molecule has 0 aliphatic heterocycles. The maximum absolute atomic E-state index is 12.1. The third-order valence-corrected chi connectivity index (χ3v) is 3.49. The van der Waals surface area contributed by atoms with E-state index in [1.165, 1.54) is 14.1 Å². The molecule has 110 valence electrons. The monoisotopic (exact) mass is 353 g/mol. The predicted molar refractivity (Wildman–Crippen MR) is 80.7 cm³/mol. The number of rotatable bonds is 2. The first kappa shape index (κ1) is 15.0. The van der Waals surface area contributed by atoms with Gasteiger partial charge in [-0.15, -0.1) is 0 Å². The topological polar surface area (TPSA) is 93.3 Å². The number of halogens is 1. The van der Waals surface area contributed by atoms with Crippen molar-refractivity contribution in [3.8, 4) is 5.88 Å². The average Bonchev–Trinajstić information content (AvgIpc) is 2.46. The van der Waals surface area contributed by atoms with Crippen LogP contribution in [0.1, 0.15) is 10.4 Å². The molecule has 0 unspecified atom stereocenters. The Labute approximate surface area is 127 Å². The van der Waals surface area contributed by atoms with Crippen LogP contribution in [0.3, 0.4) is 0 Å². The van der Waals surface area contributed by atoms with Gasteiger partial charge in [0.05, 0.1) is 0 Å². The Bertz CT molecular complexity index is 821. The lowest BCUT2D eigenvalue weighted by Gasteiger charge is -2.10. The second-order valence-electron chi connectivity index (χ2n) is 4.37. The number of benzene rings is 1. The Morgan fingerprint density at radius 3 is 2.29 bits per heavy atom. The van der Waals surface area contributed by atoms with Gasteiger partial charge in [-0.2, -0.15) is 0 Å². The van der Waals surface area contributed by atoms with Gasteiger partial charge in [0.25, 0.3) is 11.5 Å². The van der Waals surface area contributed by atoms with Crippen molar-refractivity contribution < 1.29 is 9.90 Å². The molecule has 1 aromatic carbocycles. The van der Waals surface area contributed by atoms with Gasteiger partial charge in [0.1, 0.15) is 0 Å². The number of hydrogen-bond donors (Lipinski definition) is 2. The van der Waals surface area contributed by atoms with E-state index in [4.69, 9.17) is 0 Å². The van der Waals surface area contributed by atoms with Crippen LogP contribution in [-0.2, 0) is 14.1 Å². The van der Waals surface area contributed by atoms with Gasteiger partial charge in [-0.3, -0.25) is 18.7 Å². The van der Waals surface area contributed by atoms with Crippen LogP contribution >= 0.6 is 15.9 Å². The summed E-state index contributed by atoms with van der Waals surface area (Å²) in [5.41, 5.74) is -1.59. The molecule has 0 saturated carbocycles. The molecule has 0 atom stereocenters. The first-order chi connectivity index (χ1) is 9.82. The molecule has 1 heterocycles. The molecule has 0 bridgehead atoms. The van der Waals surface area contributed by atoms with Gasteiger partial charge in [-0.25, -0.2) is 4.79 Å². The zero-order valence-electron chi connectivity index (χ0n) is 11.3. The van der Waals surface area contributed by atoms with Crippen molar-refractivity contribution in [3.05, 3.63) is 55.1 Å². The molecule has 0 aliphatic carbocycles. The van der Waals surface area contributed by atoms with E-state index < -0.39 is 28.6 Å². The molecule has 1 aromatic heterocycles. The molecular formula is C13H12BrN3O4. The Morgan fingerprint density at radius 2 is 1.71 bits per heavy atom. The number of nitrogens with zero attached hydrogens (tertiary/aromatic N) is 2. The van der Waals surface area contributed by atoms with Crippen molar-refractivity contribution in [2.24, 2.45) is 14.1 Å². The van der Waals surface area contributed by atoms with Crippen LogP contribution in [0, 0.1) is 0 Å². The minimum atomic E-state index is -0.856. The van der Waals surface area contributed by atoms with Gasteiger partial charge >= 0.3 is 5.69 Å². The predicted octanol–water partition coefficient (Wildman–Crippen LogP) is 0.804. The minimum Gasteiger partial charge on any atom is -0.494 e. The molecule has 0 saturated heterocycles. The summed E-state index contributed by atoms with van der Waals surface area (Å²) in [7, 11) is 2.51. The number of anilines is 1. The SMILES string of the molecule is Cn1c(O)c(C(=O)Nc2ccc(Br)cc2)c(=O)n(C)c1=O. The van der Waals surface area contributed by atoms with Crippen molar-refractivity contribution in [2.75, 3.05) is 5.32 Å². The number of aromatic nitrogens is 2. The third kappa shape index (κ3) is 2.75. The lowest BCUT2D eigenvalue weighted by atomic mass is 10.2. The smallest absolute Gasteiger partial charge is 0.333 e. The third-order valence-electron chi connectivity index (χ3n) is 2.96. The van der Waals surface area contributed by atoms with E-state index in [9.17, 15) is 19.5 Å². The van der Waals surface area contributed by atoms with E-state index in [-0.39, 0.29) is 0 Å². The summed E-state index contributed by atoms with van der Waals surface area (Å²) in [6, 6.07) is 6.69. The van der Waals surface area contributed by atoms with Crippen molar-refractivity contribution in [1.82, 2.24) is 9.13 Å². The van der Waals surface area contributed by atoms with E-state index in [2.05, 4.69) is 21.2 Å². The standard InChI is InChI=1S/C13H12BrN3O4/c1-16-11(19)9(12(20)17(2)13(16)21)10(18)15-8-5-3-7(14)4-6-8/h3-6,19H,1-2H3,(H,15,18). The molecule has 2 aromatic rings. The fourth-order valence-electron chi connectivity index (χ4n) is 1.76. The highest BCUT2D eigenvalue weighted by Gasteiger charge is 2.21. The van der Waals surface area contributed by atoms with Crippen LogP contribution in [0.5, 0.6) is 5.88 Å². The van der Waals surface area contributed by atoms with Crippen molar-refractivity contribution >= 4 is 27.5 Å². The van der Waals surface area contributed by atoms with Crippen molar-refractivity contribution in [3.63, 3.8) is 0 Å². The van der Waals surface area contributed by atoms with Gasteiger partial charge in [0.2, 0.25) is 5.88 Å². The van der Waals surface area contributed by atoms with Gasteiger partial charge in [0.15, 0.2) is 5.56 Å². The Kier molecular flexibility index (Phi) is 3.99. The summed E-state index contributed by atoms with van der Waals surface area (Å²) >= 11 is 3.26. The summed E-state index contributed by atoms with van der Waals surface area (Å²) in [6.45, 7) is 0. The number of nitrogens with one attached hydrogen (secondary N) is 1. The fourth-order valence-corrected chi connectivity index (χ4v) is 2.02. The van der Waals surface area contributed by atoms with E-state index in [0.717, 1.165) is 13.6 Å². The summed E-state index contributed by atoms with van der Waals surface area (Å²) in [5, 5.41) is 12.4. The molecule has 0 radical (unpaired) electrons. The van der Waals surface area contributed by atoms with E-state index in [1.54, 1.807) is 24.3 Å². The van der Waals surface area contributed by atoms with E-state index in [0.29, 0.717) is 5.69 Å². The number of hydrogen-bond acceptors (Lipinski definition) is 4. The largest absolute Gasteiger partial charge is 0.494 e. The average molecular weight is 354 g/mol. The van der Waals surface area contributed by atoms with Crippen LogP contribution < -0.4 is 16.6 Å². The fraction of sp³-hybridized carbons (Fsp3) is 0.154. The molecule has 21 heavy (non-hydrogen) atoms.